The van der Waals surface area contributed by atoms with Crippen LogP contribution in [0.3, 0.4) is 0 Å². The molecule has 1 aromatic carbocycles. The topological polar surface area (TPSA) is 65.1 Å². The maximum atomic E-state index is 12.6. The lowest BCUT2D eigenvalue weighted by Gasteiger charge is -2.37. The molecule has 0 N–H and O–H groups in total. The average Bonchev–Trinajstić information content (AvgIpc) is 2.69. The number of methoxy groups -OCH3 is 2. The van der Waals surface area contributed by atoms with Gasteiger partial charge in [-0.25, -0.2) is 9.59 Å². The summed E-state index contributed by atoms with van der Waals surface area (Å²) in [4.78, 5) is 27.0. The van der Waals surface area contributed by atoms with Crippen molar-refractivity contribution in [3.8, 4) is 5.75 Å². The number of hydrogen-bond donors (Lipinski definition) is 0. The highest BCUT2D eigenvalue weighted by Gasteiger charge is 2.37. The summed E-state index contributed by atoms with van der Waals surface area (Å²) in [6, 6.07) is 7.41. The van der Waals surface area contributed by atoms with E-state index >= 15 is 0 Å². The molecule has 6 heteroatoms. The van der Waals surface area contributed by atoms with E-state index in [2.05, 4.69) is 13.8 Å². The first-order valence-corrected chi connectivity index (χ1v) is 9.69. The van der Waals surface area contributed by atoms with Crippen LogP contribution in [0.2, 0.25) is 0 Å². The Morgan fingerprint density at radius 1 is 0.966 bits per heavy atom. The van der Waals surface area contributed by atoms with Crippen LogP contribution in [0.25, 0.3) is 0 Å². The number of esters is 2. The van der Waals surface area contributed by atoms with Crippen LogP contribution in [0.5, 0.6) is 5.75 Å². The van der Waals surface area contributed by atoms with E-state index in [0.717, 1.165) is 11.3 Å². The molecule has 0 atom stereocenters. The van der Waals surface area contributed by atoms with Crippen molar-refractivity contribution in [1.82, 2.24) is 4.90 Å². The third kappa shape index (κ3) is 5.40. The second-order valence-corrected chi connectivity index (χ2v) is 8.44. The zero-order valence-electron chi connectivity index (χ0n) is 18.3. The van der Waals surface area contributed by atoms with Crippen molar-refractivity contribution in [2.45, 2.75) is 46.1 Å². The summed E-state index contributed by atoms with van der Waals surface area (Å²) in [6.07, 6.45) is 3.48. The van der Waals surface area contributed by atoms with Gasteiger partial charge in [0.1, 0.15) is 5.75 Å². The van der Waals surface area contributed by atoms with E-state index in [-0.39, 0.29) is 5.54 Å². The van der Waals surface area contributed by atoms with Crippen molar-refractivity contribution in [2.75, 3.05) is 20.8 Å². The highest BCUT2D eigenvalue weighted by Crippen LogP contribution is 2.39. The molecule has 158 valence electrons. The molecule has 0 aliphatic carbocycles. The predicted molar refractivity (Wildman–Crippen MR) is 111 cm³/mol. The SMILES string of the molecule is COC(=O)C1=CN(C(C)(C)C)C=C(C(=O)OC)C1c1ccc(OCC(C)C)cc1. The monoisotopic (exact) mass is 401 g/mol. The summed E-state index contributed by atoms with van der Waals surface area (Å²) in [5, 5.41) is 0. The quantitative estimate of drug-likeness (QED) is 0.671. The summed E-state index contributed by atoms with van der Waals surface area (Å²) in [5.74, 6) is -0.411. The minimum atomic E-state index is -0.590. The van der Waals surface area contributed by atoms with Crippen LogP contribution < -0.4 is 4.74 Å². The van der Waals surface area contributed by atoms with E-state index < -0.39 is 17.9 Å². The minimum Gasteiger partial charge on any atom is -0.493 e. The van der Waals surface area contributed by atoms with Crippen molar-refractivity contribution in [1.29, 1.82) is 0 Å². The molecule has 1 aromatic rings. The normalized spacial score (nSPS) is 15.0. The molecule has 0 aromatic heterocycles. The number of benzene rings is 1. The maximum absolute atomic E-state index is 12.6. The van der Waals surface area contributed by atoms with Crippen molar-refractivity contribution in [2.24, 2.45) is 5.92 Å². The largest absolute Gasteiger partial charge is 0.493 e. The molecule has 0 unspecified atom stereocenters. The van der Waals surface area contributed by atoms with E-state index in [9.17, 15) is 9.59 Å². The molecule has 6 nitrogen and oxygen atoms in total. The van der Waals surface area contributed by atoms with E-state index in [4.69, 9.17) is 14.2 Å². The molecule has 1 heterocycles. The average molecular weight is 402 g/mol. The van der Waals surface area contributed by atoms with E-state index in [1.54, 1.807) is 12.4 Å². The number of nitrogens with zero attached hydrogens (tertiary/aromatic N) is 1. The Labute approximate surface area is 173 Å². The Bertz CT molecular complexity index is 766. The summed E-state index contributed by atoms with van der Waals surface area (Å²) >= 11 is 0. The van der Waals surface area contributed by atoms with Crippen molar-refractivity contribution in [3.63, 3.8) is 0 Å². The first-order chi connectivity index (χ1) is 13.6. The Kier molecular flexibility index (Phi) is 7.11. The van der Waals surface area contributed by atoms with Gasteiger partial charge in [0.15, 0.2) is 0 Å². The van der Waals surface area contributed by atoms with Gasteiger partial charge in [-0.1, -0.05) is 26.0 Å². The van der Waals surface area contributed by atoms with Gasteiger partial charge in [-0.15, -0.1) is 0 Å². The molecule has 0 spiro atoms. The molecule has 0 saturated heterocycles. The standard InChI is InChI=1S/C23H31NO5/c1-15(2)14-29-17-10-8-16(9-11-17)20-18(21(25)27-6)12-24(23(3,4)5)13-19(20)22(26)28-7/h8-13,15,20H,14H2,1-7H3. The summed E-state index contributed by atoms with van der Waals surface area (Å²) in [5.41, 5.74) is 1.20. The predicted octanol–water partition coefficient (Wildman–Crippen LogP) is 4.03. The van der Waals surface area contributed by atoms with Crippen molar-refractivity contribution < 1.29 is 23.8 Å². The summed E-state index contributed by atoms with van der Waals surface area (Å²) < 4.78 is 15.8. The Balaban J connectivity index is 2.50. The molecule has 0 radical (unpaired) electrons. The first-order valence-electron chi connectivity index (χ1n) is 9.69. The highest BCUT2D eigenvalue weighted by molar-refractivity contribution is 5.98. The summed E-state index contributed by atoms with van der Waals surface area (Å²) in [6.45, 7) is 10.8. The van der Waals surface area contributed by atoms with E-state index in [1.807, 2.05) is 49.9 Å². The molecule has 0 bridgehead atoms. The van der Waals surface area contributed by atoms with Crippen molar-refractivity contribution in [3.05, 3.63) is 53.4 Å². The Morgan fingerprint density at radius 2 is 1.45 bits per heavy atom. The van der Waals surface area contributed by atoms with Crippen molar-refractivity contribution >= 4 is 11.9 Å². The number of rotatable bonds is 6. The van der Waals surface area contributed by atoms with Gasteiger partial charge >= 0.3 is 11.9 Å². The fraction of sp³-hybridized carbons (Fsp3) is 0.478. The van der Waals surface area contributed by atoms with Gasteiger partial charge in [0.25, 0.3) is 0 Å². The van der Waals surface area contributed by atoms with E-state index in [1.165, 1.54) is 14.2 Å². The molecule has 0 fully saturated rings. The smallest absolute Gasteiger partial charge is 0.336 e. The van der Waals surface area contributed by atoms with E-state index in [0.29, 0.717) is 23.7 Å². The zero-order valence-corrected chi connectivity index (χ0v) is 18.3. The number of carbonyl (C=O) groups excluding carboxylic acids is 2. The van der Waals surface area contributed by atoms with Crippen LogP contribution in [0.4, 0.5) is 0 Å². The first kappa shape index (κ1) is 22.5. The summed E-state index contributed by atoms with van der Waals surface area (Å²) in [7, 11) is 2.67. The molecule has 0 saturated carbocycles. The molecule has 1 aliphatic rings. The second-order valence-electron chi connectivity index (χ2n) is 8.44. The number of ether oxygens (including phenoxy) is 3. The van der Waals surface area contributed by atoms with Crippen LogP contribution >= 0.6 is 0 Å². The van der Waals surface area contributed by atoms with Crippen LogP contribution in [-0.2, 0) is 19.1 Å². The van der Waals surface area contributed by atoms with Gasteiger partial charge < -0.3 is 19.1 Å². The highest BCUT2D eigenvalue weighted by atomic mass is 16.5. The fourth-order valence-electron chi connectivity index (χ4n) is 3.00. The maximum Gasteiger partial charge on any atom is 0.336 e. The van der Waals surface area contributed by atoms with Gasteiger partial charge in [-0.05, 0) is 44.4 Å². The molecule has 0 amide bonds. The molecule has 29 heavy (non-hydrogen) atoms. The minimum absolute atomic E-state index is 0.335. The fourth-order valence-corrected chi connectivity index (χ4v) is 3.00. The van der Waals surface area contributed by atoms with Gasteiger partial charge in [0, 0.05) is 17.9 Å². The van der Waals surface area contributed by atoms with Gasteiger partial charge in [-0.3, -0.25) is 0 Å². The van der Waals surface area contributed by atoms with Crippen LogP contribution in [0.15, 0.2) is 47.8 Å². The zero-order chi connectivity index (χ0) is 21.8. The number of hydrogen-bond acceptors (Lipinski definition) is 6. The second kappa shape index (κ2) is 9.16. The van der Waals surface area contributed by atoms with Crippen LogP contribution in [0.1, 0.15) is 46.1 Å². The van der Waals surface area contributed by atoms with Crippen LogP contribution in [0, 0.1) is 5.92 Å². The third-order valence-electron chi connectivity index (χ3n) is 4.59. The Hall–Kier alpha value is -2.76. The molecular weight excluding hydrogens is 370 g/mol. The van der Waals surface area contributed by atoms with Gasteiger partial charge in [-0.2, -0.15) is 0 Å². The molecule has 1 aliphatic heterocycles. The molecule has 2 rings (SSSR count). The van der Waals surface area contributed by atoms with Gasteiger partial charge in [0.2, 0.25) is 0 Å². The third-order valence-corrected chi connectivity index (χ3v) is 4.59. The lowest BCUT2D eigenvalue weighted by molar-refractivity contribution is -0.137. The number of carbonyl (C=O) groups is 2. The van der Waals surface area contributed by atoms with Gasteiger partial charge in [0.05, 0.1) is 37.9 Å². The lowest BCUT2D eigenvalue weighted by Crippen LogP contribution is -2.38. The Morgan fingerprint density at radius 3 is 1.83 bits per heavy atom. The molecular formula is C23H31NO5. The van der Waals surface area contributed by atoms with Crippen LogP contribution in [-0.4, -0.2) is 43.2 Å². The lowest BCUT2D eigenvalue weighted by atomic mass is 9.82.